The van der Waals surface area contributed by atoms with Gasteiger partial charge in [0.1, 0.15) is 18.2 Å². The van der Waals surface area contributed by atoms with Crippen LogP contribution in [0.3, 0.4) is 0 Å². The maximum atomic E-state index is 14.3. The zero-order valence-electron chi connectivity index (χ0n) is 29.7. The number of alkyl halides is 3. The quantitative estimate of drug-likeness (QED) is 0.142. The Bertz CT molecular complexity index is 1610. The third-order valence-electron chi connectivity index (χ3n) is 9.26. The summed E-state index contributed by atoms with van der Waals surface area (Å²) in [5.74, 6) is 1.59. The van der Waals surface area contributed by atoms with Crippen molar-refractivity contribution >= 4 is 23.4 Å². The van der Waals surface area contributed by atoms with Crippen molar-refractivity contribution in [1.82, 2.24) is 9.97 Å². The lowest BCUT2D eigenvalue weighted by atomic mass is 9.92. The van der Waals surface area contributed by atoms with Gasteiger partial charge in [-0.25, -0.2) is 9.97 Å². The van der Waals surface area contributed by atoms with Crippen molar-refractivity contribution in [3.8, 4) is 11.6 Å². The third-order valence-corrected chi connectivity index (χ3v) is 9.26. The second-order valence-electron chi connectivity index (χ2n) is 13.7. The first-order chi connectivity index (χ1) is 24.4. The van der Waals surface area contributed by atoms with E-state index in [0.29, 0.717) is 67.3 Å². The van der Waals surface area contributed by atoms with Crippen molar-refractivity contribution in [2.24, 2.45) is 11.8 Å². The maximum Gasteiger partial charge on any atom is 0.411 e. The summed E-state index contributed by atoms with van der Waals surface area (Å²) < 4.78 is 61.2. The van der Waals surface area contributed by atoms with E-state index in [1.165, 1.54) is 24.9 Å². The monoisotopic (exact) mass is 712 g/mol. The van der Waals surface area contributed by atoms with E-state index in [1.807, 2.05) is 25.1 Å². The number of carbonyl (C=O) groups is 2. The first-order valence-electron chi connectivity index (χ1n) is 17.5. The van der Waals surface area contributed by atoms with E-state index < -0.39 is 24.3 Å². The summed E-state index contributed by atoms with van der Waals surface area (Å²) in [5.41, 5.74) is 0.741. The molecule has 5 rings (SSSR count). The molecule has 3 aromatic rings. The molecule has 0 N–H and O–H groups in total. The average molecular weight is 713 g/mol. The molecule has 51 heavy (non-hydrogen) atoms. The Hall–Kier alpha value is -4.39. The number of hydrogen-bond donors (Lipinski definition) is 0. The molecule has 0 bridgehead atoms. The summed E-state index contributed by atoms with van der Waals surface area (Å²) in [7, 11) is 1.55. The lowest BCUT2D eigenvalue weighted by Crippen LogP contribution is -2.46. The van der Waals surface area contributed by atoms with Crippen LogP contribution in [0.25, 0.3) is 0 Å². The molecule has 0 spiro atoms. The number of pyridine rings is 2. The minimum Gasteiger partial charge on any atom is -0.497 e. The summed E-state index contributed by atoms with van der Waals surface area (Å²) in [6.07, 6.45) is 2.87. The van der Waals surface area contributed by atoms with Crippen LogP contribution in [0.15, 0.2) is 60.9 Å². The molecular formula is C38H47F3N4O6. The number of rotatable bonds is 16. The molecule has 1 atom stereocenters. The number of carbonyl (C=O) groups excluding carboxylic acids is 2. The van der Waals surface area contributed by atoms with E-state index >= 15 is 0 Å². The van der Waals surface area contributed by atoms with Crippen molar-refractivity contribution in [3.63, 3.8) is 0 Å². The number of halogens is 3. The van der Waals surface area contributed by atoms with Crippen LogP contribution in [0, 0.1) is 11.8 Å². The molecule has 3 heterocycles. The lowest BCUT2D eigenvalue weighted by Gasteiger charge is -2.36. The summed E-state index contributed by atoms with van der Waals surface area (Å²) >= 11 is 0. The van der Waals surface area contributed by atoms with Crippen LogP contribution in [0.1, 0.15) is 74.7 Å². The fourth-order valence-corrected chi connectivity index (χ4v) is 6.43. The lowest BCUT2D eigenvalue weighted by molar-refractivity contribution is -0.198. The fourth-order valence-electron chi connectivity index (χ4n) is 6.43. The smallest absolute Gasteiger partial charge is 0.411 e. The number of methoxy groups -OCH3 is 1. The van der Waals surface area contributed by atoms with Crippen LogP contribution < -0.4 is 19.3 Å². The third kappa shape index (κ3) is 10.8. The van der Waals surface area contributed by atoms with Gasteiger partial charge in [-0.1, -0.05) is 6.07 Å². The van der Waals surface area contributed by atoms with Gasteiger partial charge in [0, 0.05) is 37.6 Å². The van der Waals surface area contributed by atoms with Crippen molar-refractivity contribution in [1.29, 1.82) is 0 Å². The molecule has 0 radical (unpaired) electrons. The largest absolute Gasteiger partial charge is 0.497 e. The van der Waals surface area contributed by atoms with Crippen LogP contribution >= 0.6 is 0 Å². The Kier molecular flexibility index (Phi) is 12.4. The Morgan fingerprint density at radius 1 is 1.00 bits per heavy atom. The SMILES string of the molecule is CCOC(=O)CC(c1ccnc(OCC2CCN(c3cc(OC)ccc3C(=O)N(CC(C)(C)OCC(F)(F)F)c3ccccn3)CC2)c1)C1CC1. The zero-order valence-corrected chi connectivity index (χ0v) is 29.7. The van der Waals surface area contributed by atoms with Gasteiger partial charge in [0.05, 0.1) is 50.1 Å². The summed E-state index contributed by atoms with van der Waals surface area (Å²) in [5, 5.41) is 0. The van der Waals surface area contributed by atoms with Crippen molar-refractivity contribution < 1.29 is 41.7 Å². The Labute approximate surface area is 297 Å². The highest BCUT2D eigenvalue weighted by Crippen LogP contribution is 2.45. The molecular weight excluding hydrogens is 665 g/mol. The van der Waals surface area contributed by atoms with E-state index in [2.05, 4.69) is 14.9 Å². The van der Waals surface area contributed by atoms with E-state index in [0.717, 1.165) is 31.2 Å². The molecule has 1 saturated carbocycles. The van der Waals surface area contributed by atoms with Crippen LogP contribution in [-0.4, -0.2) is 80.2 Å². The van der Waals surface area contributed by atoms with Crippen LogP contribution in [0.2, 0.25) is 0 Å². The normalized spacial score (nSPS) is 16.0. The molecule has 1 aliphatic carbocycles. The number of benzene rings is 1. The Morgan fingerprint density at radius 2 is 1.76 bits per heavy atom. The Morgan fingerprint density at radius 3 is 2.41 bits per heavy atom. The van der Waals surface area contributed by atoms with Gasteiger partial charge in [0.25, 0.3) is 5.91 Å². The van der Waals surface area contributed by atoms with Gasteiger partial charge in [-0.2, -0.15) is 13.2 Å². The predicted octanol–water partition coefficient (Wildman–Crippen LogP) is 7.23. The second kappa shape index (κ2) is 16.8. The first-order valence-corrected chi connectivity index (χ1v) is 17.5. The van der Waals surface area contributed by atoms with Gasteiger partial charge in [0.15, 0.2) is 0 Å². The molecule has 10 nitrogen and oxygen atoms in total. The van der Waals surface area contributed by atoms with E-state index in [9.17, 15) is 22.8 Å². The molecule has 2 aliphatic rings. The van der Waals surface area contributed by atoms with Crippen molar-refractivity contribution in [2.45, 2.75) is 70.6 Å². The van der Waals surface area contributed by atoms with Gasteiger partial charge in [0.2, 0.25) is 5.88 Å². The van der Waals surface area contributed by atoms with Crippen LogP contribution in [0.5, 0.6) is 11.6 Å². The van der Waals surface area contributed by atoms with Gasteiger partial charge < -0.3 is 23.8 Å². The number of hydrogen-bond acceptors (Lipinski definition) is 9. The number of esters is 1. The highest BCUT2D eigenvalue weighted by Gasteiger charge is 2.36. The van der Waals surface area contributed by atoms with Gasteiger partial charge in [-0.3, -0.25) is 14.5 Å². The standard InChI is InChI=1S/C38H47F3N4O6/c1-5-49-35(46)22-31(27-9-10-27)28-13-17-43-34(20-28)50-23-26-14-18-44(19-15-26)32-21-29(48-4)11-12-30(32)36(47)45(33-8-6-7-16-42-33)24-37(2,3)51-25-38(39,40)41/h6-8,11-13,16-17,20-21,26-27,31H,5,9-10,14-15,18-19,22-25H2,1-4H3. The number of anilines is 2. The molecule has 2 fully saturated rings. The van der Waals surface area contributed by atoms with E-state index in [-0.39, 0.29) is 24.3 Å². The second-order valence-corrected chi connectivity index (χ2v) is 13.7. The van der Waals surface area contributed by atoms with Gasteiger partial charge in [-0.05, 0) is 100 Å². The van der Waals surface area contributed by atoms with Crippen LogP contribution in [0.4, 0.5) is 24.7 Å². The minimum absolute atomic E-state index is 0.0875. The maximum absolute atomic E-state index is 14.3. The van der Waals surface area contributed by atoms with E-state index in [1.54, 1.807) is 43.6 Å². The summed E-state index contributed by atoms with van der Waals surface area (Å²) in [4.78, 5) is 38.8. The van der Waals surface area contributed by atoms with E-state index in [4.69, 9.17) is 18.9 Å². The van der Waals surface area contributed by atoms with Crippen molar-refractivity contribution in [2.75, 3.05) is 56.4 Å². The molecule has 276 valence electrons. The van der Waals surface area contributed by atoms with Gasteiger partial charge in [-0.15, -0.1) is 0 Å². The van der Waals surface area contributed by atoms with Gasteiger partial charge >= 0.3 is 12.1 Å². The number of piperidine rings is 1. The zero-order chi connectivity index (χ0) is 36.6. The van der Waals surface area contributed by atoms with Crippen LogP contribution in [-0.2, 0) is 14.3 Å². The summed E-state index contributed by atoms with van der Waals surface area (Å²) in [6, 6.07) is 14.1. The number of amides is 1. The Balaban J connectivity index is 1.27. The molecule has 13 heteroatoms. The predicted molar refractivity (Wildman–Crippen MR) is 186 cm³/mol. The highest BCUT2D eigenvalue weighted by atomic mass is 19.4. The molecule has 1 aliphatic heterocycles. The highest BCUT2D eigenvalue weighted by molar-refractivity contribution is 6.09. The average Bonchev–Trinajstić information content (AvgIpc) is 3.97. The molecule has 1 saturated heterocycles. The topological polar surface area (TPSA) is 103 Å². The number of ether oxygens (including phenoxy) is 4. The number of aromatic nitrogens is 2. The molecule has 2 aromatic heterocycles. The molecule has 1 unspecified atom stereocenters. The minimum atomic E-state index is -4.51. The fraction of sp³-hybridized carbons (Fsp3) is 0.526. The summed E-state index contributed by atoms with van der Waals surface area (Å²) in [6.45, 7) is 5.36. The molecule has 1 amide bonds. The number of nitrogens with zero attached hydrogens (tertiary/aromatic N) is 4. The first kappa shape index (κ1) is 37.9. The molecule has 1 aromatic carbocycles. The van der Waals surface area contributed by atoms with Crippen molar-refractivity contribution in [3.05, 3.63) is 72.1 Å².